The molecule has 0 saturated carbocycles. The van der Waals surface area contributed by atoms with Crippen molar-refractivity contribution in [2.45, 2.75) is 25.6 Å². The second-order valence-electron chi connectivity index (χ2n) is 6.50. The molecule has 2 N–H and O–H groups in total. The summed E-state index contributed by atoms with van der Waals surface area (Å²) in [5.74, 6) is -1.09. The summed E-state index contributed by atoms with van der Waals surface area (Å²) in [7, 11) is 1.44. The number of anilines is 1. The third-order valence-corrected chi connectivity index (χ3v) is 4.88. The number of halogens is 3. The Bertz CT molecular complexity index is 920. The largest absolute Gasteiger partial charge is 0.399 e. The second-order valence-corrected chi connectivity index (χ2v) is 6.91. The average molecular weight is 408 g/mol. The van der Waals surface area contributed by atoms with Crippen molar-refractivity contribution in [3.63, 3.8) is 0 Å². The number of alkyl halides is 1. The number of nitrogens with zero attached hydrogens (tertiary/aromatic N) is 1. The van der Waals surface area contributed by atoms with Crippen molar-refractivity contribution < 1.29 is 18.4 Å². The van der Waals surface area contributed by atoms with Gasteiger partial charge in [-0.15, -0.1) is 0 Å². The van der Waals surface area contributed by atoms with Gasteiger partial charge in [0, 0.05) is 29.1 Å². The van der Waals surface area contributed by atoms with Crippen LogP contribution < -0.4 is 10.6 Å². The Hall–Kier alpha value is -2.51. The fourth-order valence-electron chi connectivity index (χ4n) is 3.10. The SMILES string of the molecule is CO/N=C(\C)c1ccc(Cl)c(-c2cccc(NC(=O)[C@@H]3CC(F)CN3)c2F)c1. The van der Waals surface area contributed by atoms with Crippen molar-refractivity contribution in [1.29, 1.82) is 0 Å². The fraction of sp³-hybridized carbons (Fsp3) is 0.300. The number of amides is 1. The minimum absolute atomic E-state index is 0.00959. The van der Waals surface area contributed by atoms with E-state index in [1.54, 1.807) is 37.3 Å². The van der Waals surface area contributed by atoms with E-state index >= 15 is 4.39 Å². The maximum absolute atomic E-state index is 15.1. The van der Waals surface area contributed by atoms with Gasteiger partial charge in [-0.2, -0.15) is 0 Å². The van der Waals surface area contributed by atoms with Crippen LogP contribution in [0, 0.1) is 5.82 Å². The van der Waals surface area contributed by atoms with E-state index < -0.39 is 23.9 Å². The van der Waals surface area contributed by atoms with Crippen LogP contribution in [-0.4, -0.2) is 37.5 Å². The van der Waals surface area contributed by atoms with Crippen molar-refractivity contribution in [3.05, 3.63) is 52.8 Å². The third kappa shape index (κ3) is 4.31. The number of carbonyl (C=O) groups is 1. The van der Waals surface area contributed by atoms with Crippen molar-refractivity contribution in [2.24, 2.45) is 5.16 Å². The predicted molar refractivity (Wildman–Crippen MR) is 106 cm³/mol. The Morgan fingerprint density at radius 2 is 2.11 bits per heavy atom. The molecule has 1 amide bonds. The normalized spacial score (nSPS) is 19.5. The molecule has 0 spiro atoms. The van der Waals surface area contributed by atoms with Crippen LogP contribution in [0.25, 0.3) is 11.1 Å². The highest BCUT2D eigenvalue weighted by Gasteiger charge is 2.29. The molecule has 0 aliphatic carbocycles. The lowest BCUT2D eigenvalue weighted by Gasteiger charge is -2.14. The number of nitrogens with one attached hydrogen (secondary N) is 2. The summed E-state index contributed by atoms with van der Waals surface area (Å²) < 4.78 is 28.4. The van der Waals surface area contributed by atoms with Gasteiger partial charge in [-0.3, -0.25) is 4.79 Å². The summed E-state index contributed by atoms with van der Waals surface area (Å²) in [6, 6.07) is 9.07. The zero-order valence-electron chi connectivity index (χ0n) is 15.4. The molecular weight excluding hydrogens is 388 g/mol. The zero-order valence-corrected chi connectivity index (χ0v) is 16.2. The number of carbonyl (C=O) groups excluding carboxylic acids is 1. The van der Waals surface area contributed by atoms with Gasteiger partial charge in [-0.25, -0.2) is 8.78 Å². The first-order valence-corrected chi connectivity index (χ1v) is 9.13. The smallest absolute Gasteiger partial charge is 0.241 e. The van der Waals surface area contributed by atoms with E-state index in [9.17, 15) is 9.18 Å². The minimum atomic E-state index is -1.08. The molecule has 8 heteroatoms. The molecule has 2 aromatic carbocycles. The highest BCUT2D eigenvalue weighted by Crippen LogP contribution is 2.34. The van der Waals surface area contributed by atoms with Crippen molar-refractivity contribution >= 4 is 28.9 Å². The minimum Gasteiger partial charge on any atom is -0.399 e. The second kappa shape index (κ2) is 8.67. The van der Waals surface area contributed by atoms with E-state index in [2.05, 4.69) is 15.8 Å². The molecule has 1 aliphatic rings. The van der Waals surface area contributed by atoms with E-state index in [1.807, 2.05) is 0 Å². The van der Waals surface area contributed by atoms with E-state index in [0.29, 0.717) is 16.3 Å². The van der Waals surface area contributed by atoms with Crippen LogP contribution in [0.1, 0.15) is 18.9 Å². The summed E-state index contributed by atoms with van der Waals surface area (Å²) in [6.07, 6.45) is -1.01. The Morgan fingerprint density at radius 1 is 1.32 bits per heavy atom. The lowest BCUT2D eigenvalue weighted by molar-refractivity contribution is -0.117. The van der Waals surface area contributed by atoms with Gasteiger partial charge in [0.15, 0.2) is 5.82 Å². The van der Waals surface area contributed by atoms with Gasteiger partial charge in [0.2, 0.25) is 5.91 Å². The van der Waals surface area contributed by atoms with Crippen LogP contribution in [0.15, 0.2) is 41.6 Å². The Labute approximate surface area is 166 Å². The standard InChI is InChI=1S/C20H20ClF2N3O2/c1-11(26-28-2)12-6-7-16(21)15(8-12)14-4-3-5-17(19(14)23)25-20(27)18-9-13(22)10-24-18/h3-8,13,18,24H,9-10H2,1-2H3,(H,25,27)/b26-11+/t13?,18-/m0/s1. The number of oxime groups is 1. The van der Waals surface area contributed by atoms with Gasteiger partial charge < -0.3 is 15.5 Å². The van der Waals surface area contributed by atoms with Gasteiger partial charge >= 0.3 is 0 Å². The van der Waals surface area contributed by atoms with Crippen LogP contribution in [0.5, 0.6) is 0 Å². The highest BCUT2D eigenvalue weighted by molar-refractivity contribution is 6.33. The molecule has 1 saturated heterocycles. The first-order chi connectivity index (χ1) is 13.4. The Kier molecular flexibility index (Phi) is 6.26. The van der Waals surface area contributed by atoms with Gasteiger partial charge in [-0.1, -0.05) is 35.0 Å². The van der Waals surface area contributed by atoms with Crippen molar-refractivity contribution in [3.8, 4) is 11.1 Å². The Morgan fingerprint density at radius 3 is 2.79 bits per heavy atom. The maximum Gasteiger partial charge on any atom is 0.241 e. The third-order valence-electron chi connectivity index (χ3n) is 4.55. The molecule has 1 aliphatic heterocycles. The summed E-state index contributed by atoms with van der Waals surface area (Å²) in [4.78, 5) is 17.1. The summed E-state index contributed by atoms with van der Waals surface area (Å²) in [5, 5.41) is 9.54. The monoisotopic (exact) mass is 407 g/mol. The molecule has 0 aromatic heterocycles. The number of hydrogen-bond donors (Lipinski definition) is 2. The van der Waals surface area contributed by atoms with E-state index in [-0.39, 0.29) is 24.2 Å². The molecule has 1 unspecified atom stereocenters. The molecule has 148 valence electrons. The van der Waals surface area contributed by atoms with E-state index in [0.717, 1.165) is 5.56 Å². The molecule has 1 heterocycles. The van der Waals surface area contributed by atoms with Gasteiger partial charge in [-0.05, 0) is 30.7 Å². The average Bonchev–Trinajstić information content (AvgIpc) is 3.11. The number of benzene rings is 2. The predicted octanol–water partition coefficient (Wildman–Crippen LogP) is 4.16. The van der Waals surface area contributed by atoms with Crippen LogP contribution >= 0.6 is 11.6 Å². The zero-order chi connectivity index (χ0) is 20.3. The summed E-state index contributed by atoms with van der Waals surface area (Å²) in [5.41, 5.74) is 2.03. The van der Waals surface area contributed by atoms with Crippen molar-refractivity contribution in [2.75, 3.05) is 19.0 Å². The quantitative estimate of drug-likeness (QED) is 0.578. The first-order valence-electron chi connectivity index (χ1n) is 8.75. The van der Waals surface area contributed by atoms with Gasteiger partial charge in [0.05, 0.1) is 17.4 Å². The molecule has 1 fully saturated rings. The number of rotatable bonds is 5. The van der Waals surface area contributed by atoms with E-state index in [1.165, 1.54) is 13.2 Å². The lowest BCUT2D eigenvalue weighted by atomic mass is 10.00. The van der Waals surface area contributed by atoms with Crippen LogP contribution in [-0.2, 0) is 9.63 Å². The summed E-state index contributed by atoms with van der Waals surface area (Å²) >= 11 is 6.29. The van der Waals surface area contributed by atoms with E-state index in [4.69, 9.17) is 16.4 Å². The molecule has 28 heavy (non-hydrogen) atoms. The number of hydrogen-bond acceptors (Lipinski definition) is 4. The maximum atomic E-state index is 15.1. The molecule has 0 bridgehead atoms. The molecule has 3 rings (SSSR count). The molecule has 2 atom stereocenters. The summed E-state index contributed by atoms with van der Waals surface area (Å²) in [6.45, 7) is 1.88. The molecular formula is C20H20ClF2N3O2. The lowest BCUT2D eigenvalue weighted by Crippen LogP contribution is -2.35. The first kappa shape index (κ1) is 20.2. The molecule has 0 radical (unpaired) electrons. The highest BCUT2D eigenvalue weighted by atomic mass is 35.5. The molecule has 5 nitrogen and oxygen atoms in total. The van der Waals surface area contributed by atoms with Crippen LogP contribution in [0.2, 0.25) is 5.02 Å². The Balaban J connectivity index is 1.92. The van der Waals surface area contributed by atoms with Crippen LogP contribution in [0.3, 0.4) is 0 Å². The van der Waals surface area contributed by atoms with Gasteiger partial charge in [0.25, 0.3) is 0 Å². The molecule has 2 aromatic rings. The van der Waals surface area contributed by atoms with Crippen molar-refractivity contribution in [1.82, 2.24) is 5.32 Å². The fourth-order valence-corrected chi connectivity index (χ4v) is 3.31. The van der Waals surface area contributed by atoms with Gasteiger partial charge in [0.1, 0.15) is 13.3 Å². The topological polar surface area (TPSA) is 62.7 Å². The van der Waals surface area contributed by atoms with Crippen LogP contribution in [0.4, 0.5) is 14.5 Å².